The molecule has 0 unspecified atom stereocenters. The fraction of sp³-hybridized carbons (Fsp3) is 0.188. The van der Waals surface area contributed by atoms with Crippen LogP contribution in [-0.4, -0.2) is 23.9 Å². The molecular formula is C16H15N5O2. The van der Waals surface area contributed by atoms with Gasteiger partial charge in [0.05, 0.1) is 25.0 Å². The van der Waals surface area contributed by atoms with Crippen LogP contribution in [0.1, 0.15) is 23.7 Å². The summed E-state index contributed by atoms with van der Waals surface area (Å²) in [4.78, 5) is 0. The lowest BCUT2D eigenvalue weighted by Crippen LogP contribution is -1.95. The Kier molecular flexibility index (Phi) is 4.85. The zero-order valence-corrected chi connectivity index (χ0v) is 12.8. The smallest absolute Gasteiger partial charge is 0.163 e. The van der Waals surface area contributed by atoms with Crippen LogP contribution in [0.15, 0.2) is 18.2 Å². The molecule has 0 aliphatic heterocycles. The fourth-order valence-corrected chi connectivity index (χ4v) is 2.04. The number of methoxy groups -OCH3 is 1. The predicted octanol–water partition coefficient (Wildman–Crippen LogP) is 2.34. The number of anilines is 1. The number of nitrogens with one attached hydrogen (secondary N) is 1. The van der Waals surface area contributed by atoms with Gasteiger partial charge in [-0.25, -0.2) is 0 Å². The predicted molar refractivity (Wildman–Crippen MR) is 85.4 cm³/mol. The summed E-state index contributed by atoms with van der Waals surface area (Å²) < 4.78 is 10.7. The number of ether oxygens (including phenoxy) is 2. The van der Waals surface area contributed by atoms with Gasteiger partial charge in [0, 0.05) is 0 Å². The van der Waals surface area contributed by atoms with Crippen LogP contribution in [-0.2, 0) is 0 Å². The van der Waals surface area contributed by atoms with E-state index in [-0.39, 0.29) is 17.0 Å². The summed E-state index contributed by atoms with van der Waals surface area (Å²) in [5, 5.41) is 24.9. The van der Waals surface area contributed by atoms with Crippen LogP contribution in [0.3, 0.4) is 0 Å². The molecule has 1 heterocycles. The van der Waals surface area contributed by atoms with Crippen molar-refractivity contribution in [3.63, 3.8) is 0 Å². The van der Waals surface area contributed by atoms with E-state index in [4.69, 9.17) is 20.5 Å². The third-order valence-electron chi connectivity index (χ3n) is 3.09. The van der Waals surface area contributed by atoms with E-state index in [9.17, 15) is 5.26 Å². The first-order valence-electron chi connectivity index (χ1n) is 6.81. The second-order valence-electron chi connectivity index (χ2n) is 4.48. The van der Waals surface area contributed by atoms with E-state index >= 15 is 0 Å². The summed E-state index contributed by atoms with van der Waals surface area (Å²) in [5.74, 6) is 1.24. The molecule has 1 aromatic heterocycles. The molecule has 0 aliphatic rings. The van der Waals surface area contributed by atoms with E-state index in [1.165, 1.54) is 0 Å². The summed E-state index contributed by atoms with van der Waals surface area (Å²) in [6.07, 6.45) is 1.62. The first-order valence-corrected chi connectivity index (χ1v) is 6.81. The molecule has 116 valence electrons. The molecule has 2 aromatic rings. The third kappa shape index (κ3) is 3.25. The average Bonchev–Trinajstić information content (AvgIpc) is 2.94. The van der Waals surface area contributed by atoms with Gasteiger partial charge in [-0.05, 0) is 30.7 Å². The molecule has 23 heavy (non-hydrogen) atoms. The van der Waals surface area contributed by atoms with Gasteiger partial charge in [0.2, 0.25) is 0 Å². The van der Waals surface area contributed by atoms with Crippen molar-refractivity contribution in [1.82, 2.24) is 10.2 Å². The average molecular weight is 309 g/mol. The highest BCUT2D eigenvalue weighted by Gasteiger charge is 2.14. The monoisotopic (exact) mass is 309 g/mol. The molecule has 0 saturated heterocycles. The van der Waals surface area contributed by atoms with Gasteiger partial charge in [0.15, 0.2) is 17.3 Å². The number of nitrogen functional groups attached to an aromatic ring is 1. The molecule has 7 nitrogen and oxygen atoms in total. The first kappa shape index (κ1) is 15.9. The quantitative estimate of drug-likeness (QED) is 0.818. The lowest BCUT2D eigenvalue weighted by molar-refractivity contribution is 0.311. The number of nitrogens with zero attached hydrogens (tertiary/aromatic N) is 3. The molecule has 0 bridgehead atoms. The largest absolute Gasteiger partial charge is 0.493 e. The van der Waals surface area contributed by atoms with Crippen molar-refractivity contribution in [2.45, 2.75) is 6.92 Å². The van der Waals surface area contributed by atoms with Crippen molar-refractivity contribution in [2.75, 3.05) is 19.5 Å². The topological polar surface area (TPSA) is 121 Å². The Labute approximate surface area is 133 Å². The minimum atomic E-state index is 0.0629. The lowest BCUT2D eigenvalue weighted by atomic mass is 10.1. The van der Waals surface area contributed by atoms with Gasteiger partial charge in [0.1, 0.15) is 17.7 Å². The van der Waals surface area contributed by atoms with Gasteiger partial charge in [-0.2, -0.15) is 15.6 Å². The second-order valence-corrected chi connectivity index (χ2v) is 4.48. The molecular weight excluding hydrogens is 294 g/mol. The number of hydrogen-bond donors (Lipinski definition) is 2. The molecule has 0 aliphatic carbocycles. The Morgan fingerprint density at radius 2 is 2.17 bits per heavy atom. The summed E-state index contributed by atoms with van der Waals surface area (Å²) in [6, 6.07) is 9.27. The Bertz CT molecular complexity index is 824. The van der Waals surface area contributed by atoms with Gasteiger partial charge < -0.3 is 15.2 Å². The number of H-pyrrole nitrogens is 1. The maximum Gasteiger partial charge on any atom is 0.163 e. The number of hydrogen-bond acceptors (Lipinski definition) is 6. The summed E-state index contributed by atoms with van der Waals surface area (Å²) >= 11 is 0. The van der Waals surface area contributed by atoms with Crippen LogP contribution < -0.4 is 15.2 Å². The second kappa shape index (κ2) is 7.01. The molecule has 0 saturated carbocycles. The molecule has 0 radical (unpaired) electrons. The Balaban J connectivity index is 2.47. The Morgan fingerprint density at radius 3 is 2.78 bits per heavy atom. The van der Waals surface area contributed by atoms with Crippen molar-refractivity contribution in [1.29, 1.82) is 10.5 Å². The van der Waals surface area contributed by atoms with Gasteiger partial charge in [-0.3, -0.25) is 5.10 Å². The minimum absolute atomic E-state index is 0.0629. The van der Waals surface area contributed by atoms with Crippen LogP contribution in [0.2, 0.25) is 0 Å². The van der Waals surface area contributed by atoms with Crippen molar-refractivity contribution >= 4 is 17.5 Å². The fourth-order valence-electron chi connectivity index (χ4n) is 2.04. The van der Waals surface area contributed by atoms with Crippen LogP contribution in [0.25, 0.3) is 11.6 Å². The molecule has 0 spiro atoms. The molecule has 0 fully saturated rings. The van der Waals surface area contributed by atoms with Crippen molar-refractivity contribution in [3.8, 4) is 23.6 Å². The number of benzene rings is 1. The highest BCUT2D eigenvalue weighted by Crippen LogP contribution is 2.30. The zero-order valence-electron chi connectivity index (χ0n) is 12.8. The molecule has 0 atom stereocenters. The molecule has 1 aromatic carbocycles. The van der Waals surface area contributed by atoms with Crippen LogP contribution in [0.4, 0.5) is 5.82 Å². The Morgan fingerprint density at radius 1 is 1.39 bits per heavy atom. The number of nitriles is 2. The number of nitrogens with two attached hydrogens (primary N) is 1. The molecule has 0 amide bonds. The minimum Gasteiger partial charge on any atom is -0.493 e. The maximum absolute atomic E-state index is 9.36. The first-order chi connectivity index (χ1) is 11.1. The molecule has 7 heteroatoms. The van der Waals surface area contributed by atoms with Gasteiger partial charge >= 0.3 is 0 Å². The van der Waals surface area contributed by atoms with E-state index in [1.54, 1.807) is 31.4 Å². The Hall–Kier alpha value is -3.45. The standard InChI is InChI=1S/C16H15N5O2/c1-3-23-13-5-4-10(7-14(13)22-2)6-11(8-17)15-12(9-18)16(19)21-20-15/h4-7H,3H2,1-2H3,(H3,19,20,21)/b11-6+. The van der Waals surface area contributed by atoms with Crippen LogP contribution in [0, 0.1) is 22.7 Å². The van der Waals surface area contributed by atoms with Gasteiger partial charge in [0.25, 0.3) is 0 Å². The van der Waals surface area contributed by atoms with E-state index in [0.717, 1.165) is 5.56 Å². The SMILES string of the molecule is CCOc1ccc(/C=C(\C#N)c2[nH]nc(N)c2C#N)cc1OC. The third-order valence-corrected chi connectivity index (χ3v) is 3.09. The molecule has 3 N–H and O–H groups in total. The van der Waals surface area contributed by atoms with Crippen molar-refractivity contribution in [3.05, 3.63) is 35.0 Å². The van der Waals surface area contributed by atoms with Gasteiger partial charge in [-0.1, -0.05) is 6.07 Å². The van der Waals surface area contributed by atoms with Crippen molar-refractivity contribution in [2.24, 2.45) is 0 Å². The normalized spacial score (nSPS) is 10.7. The maximum atomic E-state index is 9.36. The summed E-state index contributed by atoms with van der Waals surface area (Å²) in [7, 11) is 1.54. The number of aromatic nitrogens is 2. The highest BCUT2D eigenvalue weighted by atomic mass is 16.5. The number of aromatic amines is 1. The van der Waals surface area contributed by atoms with Gasteiger partial charge in [-0.15, -0.1) is 0 Å². The summed E-state index contributed by atoms with van der Waals surface area (Å²) in [6.45, 7) is 2.40. The summed E-state index contributed by atoms with van der Waals surface area (Å²) in [5.41, 5.74) is 7.01. The van der Waals surface area contributed by atoms with Crippen molar-refractivity contribution < 1.29 is 9.47 Å². The van der Waals surface area contributed by atoms with E-state index in [0.29, 0.717) is 23.8 Å². The van der Waals surface area contributed by atoms with Crippen LogP contribution >= 0.6 is 0 Å². The molecule has 2 rings (SSSR count). The van der Waals surface area contributed by atoms with E-state index in [1.807, 2.05) is 19.1 Å². The van der Waals surface area contributed by atoms with E-state index < -0.39 is 0 Å². The number of allylic oxidation sites excluding steroid dienone is 1. The number of rotatable bonds is 5. The lowest BCUT2D eigenvalue weighted by Gasteiger charge is -2.09. The zero-order chi connectivity index (χ0) is 16.8. The van der Waals surface area contributed by atoms with E-state index in [2.05, 4.69) is 10.2 Å². The highest BCUT2D eigenvalue weighted by molar-refractivity contribution is 5.91. The van der Waals surface area contributed by atoms with Crippen LogP contribution in [0.5, 0.6) is 11.5 Å².